The molecule has 1 heterocycles. The van der Waals surface area contributed by atoms with E-state index in [2.05, 4.69) is 26.2 Å². The van der Waals surface area contributed by atoms with E-state index < -0.39 is 4.92 Å². The third-order valence-electron chi connectivity index (χ3n) is 4.72. The summed E-state index contributed by atoms with van der Waals surface area (Å²) in [5, 5.41) is 13.7. The van der Waals surface area contributed by atoms with Gasteiger partial charge < -0.3 is 9.73 Å². The molecule has 7 nitrogen and oxygen atoms in total. The largest absolute Gasteiger partial charge is 0.436 e. The van der Waals surface area contributed by atoms with Crippen LogP contribution in [0.25, 0.3) is 22.6 Å². The number of carbonyl (C=O) groups is 1. The molecule has 1 N–H and O–H groups in total. The van der Waals surface area contributed by atoms with Crippen LogP contribution >= 0.6 is 15.9 Å². The quantitative estimate of drug-likeness (QED) is 0.292. The van der Waals surface area contributed by atoms with Gasteiger partial charge in [0, 0.05) is 32.9 Å². The molecule has 0 aliphatic heterocycles. The summed E-state index contributed by atoms with van der Waals surface area (Å²) in [7, 11) is 0. The molecule has 0 aliphatic rings. The molecule has 0 aliphatic carbocycles. The van der Waals surface area contributed by atoms with Gasteiger partial charge in [0.2, 0.25) is 5.89 Å². The molecule has 0 radical (unpaired) electrons. The van der Waals surface area contributed by atoms with E-state index in [9.17, 15) is 14.9 Å². The van der Waals surface area contributed by atoms with Crippen LogP contribution in [-0.4, -0.2) is 15.8 Å². The van der Waals surface area contributed by atoms with Gasteiger partial charge in [-0.2, -0.15) is 0 Å². The summed E-state index contributed by atoms with van der Waals surface area (Å²) in [4.78, 5) is 27.5. The first kappa shape index (κ1) is 19.8. The molecule has 4 rings (SSSR count). The fourth-order valence-corrected chi connectivity index (χ4v) is 3.44. The Labute approximate surface area is 180 Å². The first-order chi connectivity index (χ1) is 14.3. The monoisotopic (exact) mass is 465 g/mol. The summed E-state index contributed by atoms with van der Waals surface area (Å²) >= 11 is 3.51. The molecule has 150 valence electrons. The highest BCUT2D eigenvalue weighted by Crippen LogP contribution is 2.29. The fourth-order valence-electron chi connectivity index (χ4n) is 3.06. The number of aromatic nitrogens is 1. The van der Waals surface area contributed by atoms with Crippen LogP contribution < -0.4 is 5.32 Å². The molecule has 0 unspecified atom stereocenters. The standard InChI is InChI=1S/C22H16BrN3O4/c1-12-3-4-15(10-17(12)23)22-25-18-11-16(6-8-20(18)30-22)24-21(27)14-5-7-19(26(28)29)13(2)9-14/h3-11H,1-2H3,(H,24,27). The molecule has 1 amide bonds. The Morgan fingerprint density at radius 2 is 1.87 bits per heavy atom. The average molecular weight is 466 g/mol. The SMILES string of the molecule is Cc1ccc(-c2nc3cc(NC(=O)c4ccc([N+](=O)[O-])c(C)c4)ccc3o2)cc1Br. The van der Waals surface area contributed by atoms with Gasteiger partial charge in [0.15, 0.2) is 5.58 Å². The molecular formula is C22H16BrN3O4. The highest BCUT2D eigenvalue weighted by Gasteiger charge is 2.15. The maximum Gasteiger partial charge on any atom is 0.272 e. The molecule has 30 heavy (non-hydrogen) atoms. The van der Waals surface area contributed by atoms with Crippen molar-refractivity contribution >= 4 is 44.3 Å². The van der Waals surface area contributed by atoms with Gasteiger partial charge in [0.05, 0.1) is 4.92 Å². The summed E-state index contributed by atoms with van der Waals surface area (Å²) in [5.41, 5.74) is 4.46. The highest BCUT2D eigenvalue weighted by molar-refractivity contribution is 9.10. The van der Waals surface area contributed by atoms with Gasteiger partial charge in [-0.15, -0.1) is 0 Å². The van der Waals surface area contributed by atoms with Crippen LogP contribution in [0.4, 0.5) is 11.4 Å². The third kappa shape index (κ3) is 3.81. The first-order valence-corrected chi connectivity index (χ1v) is 9.84. The third-order valence-corrected chi connectivity index (χ3v) is 5.57. The zero-order valence-corrected chi connectivity index (χ0v) is 17.7. The number of rotatable bonds is 4. The molecule has 0 fully saturated rings. The van der Waals surface area contributed by atoms with Gasteiger partial charge >= 0.3 is 0 Å². The second-order valence-electron chi connectivity index (χ2n) is 6.88. The number of aryl methyl sites for hydroxylation is 2. The van der Waals surface area contributed by atoms with Gasteiger partial charge in [-0.3, -0.25) is 14.9 Å². The lowest BCUT2D eigenvalue weighted by atomic mass is 10.1. The van der Waals surface area contributed by atoms with Gasteiger partial charge in [-0.05, 0) is 61.9 Å². The number of amides is 1. The Kier molecular flexibility index (Phi) is 5.09. The van der Waals surface area contributed by atoms with Crippen LogP contribution in [0.3, 0.4) is 0 Å². The maximum atomic E-state index is 12.5. The molecular weight excluding hydrogens is 450 g/mol. The molecule has 0 saturated heterocycles. The Morgan fingerprint density at radius 3 is 2.57 bits per heavy atom. The number of oxazole rings is 1. The summed E-state index contributed by atoms with van der Waals surface area (Å²) in [5.74, 6) is 0.124. The minimum atomic E-state index is -0.473. The van der Waals surface area contributed by atoms with Crippen LogP contribution in [0, 0.1) is 24.0 Å². The van der Waals surface area contributed by atoms with E-state index in [0.717, 1.165) is 15.6 Å². The molecule has 0 spiro atoms. The average Bonchev–Trinajstić information content (AvgIpc) is 3.13. The van der Waals surface area contributed by atoms with Crippen LogP contribution in [0.2, 0.25) is 0 Å². The van der Waals surface area contributed by atoms with Crippen LogP contribution in [0.15, 0.2) is 63.5 Å². The molecule has 0 saturated carbocycles. The fraction of sp³-hybridized carbons (Fsp3) is 0.0909. The number of nitrogens with one attached hydrogen (secondary N) is 1. The van der Waals surface area contributed by atoms with Crippen LogP contribution in [0.5, 0.6) is 0 Å². The number of nitro benzene ring substituents is 1. The lowest BCUT2D eigenvalue weighted by Gasteiger charge is -2.06. The summed E-state index contributed by atoms with van der Waals surface area (Å²) in [6, 6.07) is 15.3. The van der Waals surface area contributed by atoms with Crippen molar-refractivity contribution in [3.8, 4) is 11.5 Å². The number of fused-ring (bicyclic) bond motifs is 1. The number of anilines is 1. The number of benzene rings is 3. The molecule has 4 aromatic rings. The van der Waals surface area contributed by atoms with Gasteiger partial charge in [-0.25, -0.2) is 4.98 Å². The normalized spacial score (nSPS) is 10.9. The number of nitrogens with zero attached hydrogens (tertiary/aromatic N) is 2. The van der Waals surface area contributed by atoms with Crippen molar-refractivity contribution in [3.05, 3.63) is 85.9 Å². The number of halogens is 1. The minimum Gasteiger partial charge on any atom is -0.436 e. The first-order valence-electron chi connectivity index (χ1n) is 9.05. The van der Waals surface area contributed by atoms with E-state index in [4.69, 9.17) is 4.42 Å². The molecule has 3 aromatic carbocycles. The van der Waals surface area contributed by atoms with Gasteiger partial charge in [-0.1, -0.05) is 22.0 Å². The zero-order chi connectivity index (χ0) is 21.4. The second kappa shape index (κ2) is 7.72. The Hall–Kier alpha value is -3.52. The smallest absolute Gasteiger partial charge is 0.272 e. The van der Waals surface area contributed by atoms with E-state index >= 15 is 0 Å². The minimum absolute atomic E-state index is 0.0224. The van der Waals surface area contributed by atoms with Crippen molar-refractivity contribution in [2.24, 2.45) is 0 Å². The Bertz CT molecular complexity index is 1310. The van der Waals surface area contributed by atoms with Crippen molar-refractivity contribution in [1.82, 2.24) is 4.98 Å². The number of nitro groups is 1. The van der Waals surface area contributed by atoms with Crippen LogP contribution in [0.1, 0.15) is 21.5 Å². The Balaban J connectivity index is 1.59. The predicted octanol–water partition coefficient (Wildman–Crippen LogP) is 6.03. The van der Waals surface area contributed by atoms with E-state index in [1.54, 1.807) is 25.1 Å². The highest BCUT2D eigenvalue weighted by atomic mass is 79.9. The van der Waals surface area contributed by atoms with Crippen molar-refractivity contribution in [2.45, 2.75) is 13.8 Å². The zero-order valence-electron chi connectivity index (χ0n) is 16.1. The number of carbonyl (C=O) groups excluding carboxylic acids is 1. The van der Waals surface area contributed by atoms with Gasteiger partial charge in [0.25, 0.3) is 11.6 Å². The van der Waals surface area contributed by atoms with Crippen molar-refractivity contribution in [3.63, 3.8) is 0 Å². The number of hydrogen-bond donors (Lipinski definition) is 1. The van der Waals surface area contributed by atoms with E-state index in [-0.39, 0.29) is 11.6 Å². The lowest BCUT2D eigenvalue weighted by Crippen LogP contribution is -2.12. The second-order valence-corrected chi connectivity index (χ2v) is 7.73. The summed E-state index contributed by atoms with van der Waals surface area (Å²) in [6.45, 7) is 3.60. The van der Waals surface area contributed by atoms with Crippen LogP contribution in [-0.2, 0) is 0 Å². The summed E-state index contributed by atoms with van der Waals surface area (Å²) in [6.07, 6.45) is 0. The number of hydrogen-bond acceptors (Lipinski definition) is 5. The van der Waals surface area contributed by atoms with Crippen molar-refractivity contribution < 1.29 is 14.1 Å². The van der Waals surface area contributed by atoms with Crippen molar-refractivity contribution in [1.29, 1.82) is 0 Å². The van der Waals surface area contributed by atoms with E-state index in [1.807, 2.05) is 25.1 Å². The predicted molar refractivity (Wildman–Crippen MR) is 118 cm³/mol. The molecule has 1 aromatic heterocycles. The van der Waals surface area contributed by atoms with Crippen molar-refractivity contribution in [2.75, 3.05) is 5.32 Å². The topological polar surface area (TPSA) is 98.3 Å². The maximum absolute atomic E-state index is 12.5. The Morgan fingerprint density at radius 1 is 1.07 bits per heavy atom. The van der Waals surface area contributed by atoms with E-state index in [0.29, 0.717) is 33.8 Å². The lowest BCUT2D eigenvalue weighted by molar-refractivity contribution is -0.385. The molecule has 8 heteroatoms. The summed E-state index contributed by atoms with van der Waals surface area (Å²) < 4.78 is 6.80. The van der Waals surface area contributed by atoms with E-state index in [1.165, 1.54) is 18.2 Å². The molecule has 0 bridgehead atoms. The van der Waals surface area contributed by atoms with Gasteiger partial charge in [0.1, 0.15) is 5.52 Å². The molecule has 0 atom stereocenters.